The average molecular weight is 235 g/mol. The lowest BCUT2D eigenvalue weighted by Crippen LogP contribution is -2.41. The summed E-state index contributed by atoms with van der Waals surface area (Å²) in [4.78, 5) is 11.7. The van der Waals surface area contributed by atoms with Crippen LogP contribution in [0.3, 0.4) is 0 Å². The molecule has 0 fully saturated rings. The van der Waals surface area contributed by atoms with Crippen molar-refractivity contribution in [3.63, 3.8) is 0 Å². The van der Waals surface area contributed by atoms with Gasteiger partial charge < -0.3 is 14.8 Å². The smallest absolute Gasteiger partial charge is 0.231 e. The minimum atomic E-state index is -0.201. The molecule has 0 saturated carbocycles. The van der Waals surface area contributed by atoms with Crippen molar-refractivity contribution in [3.05, 3.63) is 23.8 Å². The summed E-state index contributed by atoms with van der Waals surface area (Å²) in [7, 11) is 0. The molecule has 0 bridgehead atoms. The number of carbonyl (C=O) groups is 1. The Balaban J connectivity index is 2.02. The van der Waals surface area contributed by atoms with Crippen LogP contribution in [-0.2, 0) is 11.2 Å². The molecule has 0 saturated heterocycles. The highest BCUT2D eigenvalue weighted by atomic mass is 16.7. The Kier molecular flexibility index (Phi) is 2.96. The molecule has 0 radical (unpaired) electrons. The monoisotopic (exact) mass is 235 g/mol. The molecular formula is C13H17NO3. The molecule has 17 heavy (non-hydrogen) atoms. The first kappa shape index (κ1) is 11.8. The summed E-state index contributed by atoms with van der Waals surface area (Å²) >= 11 is 0. The molecule has 1 aromatic carbocycles. The Morgan fingerprint density at radius 1 is 1.29 bits per heavy atom. The van der Waals surface area contributed by atoms with Gasteiger partial charge in [0.15, 0.2) is 11.5 Å². The van der Waals surface area contributed by atoms with Crippen LogP contribution in [0.1, 0.15) is 26.3 Å². The Morgan fingerprint density at radius 2 is 2.00 bits per heavy atom. The van der Waals surface area contributed by atoms with Gasteiger partial charge in [-0.3, -0.25) is 4.79 Å². The number of hydrogen-bond donors (Lipinski definition) is 1. The Bertz CT molecular complexity index is 435. The molecule has 92 valence electrons. The van der Waals surface area contributed by atoms with E-state index in [2.05, 4.69) is 5.32 Å². The highest BCUT2D eigenvalue weighted by Gasteiger charge is 2.17. The fourth-order valence-corrected chi connectivity index (χ4v) is 1.70. The Labute approximate surface area is 101 Å². The molecule has 0 atom stereocenters. The summed E-state index contributed by atoms with van der Waals surface area (Å²) in [6.45, 7) is 6.15. The highest BCUT2D eigenvalue weighted by molar-refractivity contribution is 5.79. The second kappa shape index (κ2) is 4.28. The average Bonchev–Trinajstić information content (AvgIpc) is 2.61. The highest BCUT2D eigenvalue weighted by Crippen LogP contribution is 2.32. The van der Waals surface area contributed by atoms with Crippen molar-refractivity contribution < 1.29 is 14.3 Å². The third kappa shape index (κ3) is 3.12. The SMILES string of the molecule is CC(C)(C)NC(=O)Cc1ccc2c(c1)OCO2. The van der Waals surface area contributed by atoms with E-state index in [9.17, 15) is 4.79 Å². The number of nitrogens with one attached hydrogen (secondary N) is 1. The first-order valence-corrected chi connectivity index (χ1v) is 5.63. The van der Waals surface area contributed by atoms with Gasteiger partial charge in [0, 0.05) is 5.54 Å². The van der Waals surface area contributed by atoms with Crippen molar-refractivity contribution in [2.45, 2.75) is 32.7 Å². The quantitative estimate of drug-likeness (QED) is 0.851. The van der Waals surface area contributed by atoms with Gasteiger partial charge in [-0.15, -0.1) is 0 Å². The van der Waals surface area contributed by atoms with E-state index in [1.807, 2.05) is 39.0 Å². The lowest BCUT2D eigenvalue weighted by atomic mass is 10.1. The van der Waals surface area contributed by atoms with Crippen molar-refractivity contribution in [3.8, 4) is 11.5 Å². The second-order valence-corrected chi connectivity index (χ2v) is 5.16. The normalized spacial score (nSPS) is 13.6. The predicted molar refractivity (Wildman–Crippen MR) is 64.2 cm³/mol. The third-order valence-electron chi connectivity index (χ3n) is 2.32. The van der Waals surface area contributed by atoms with Crippen LogP contribution in [-0.4, -0.2) is 18.2 Å². The van der Waals surface area contributed by atoms with Crippen LogP contribution in [0.5, 0.6) is 11.5 Å². The van der Waals surface area contributed by atoms with Gasteiger partial charge in [-0.2, -0.15) is 0 Å². The van der Waals surface area contributed by atoms with Gasteiger partial charge in [0.05, 0.1) is 6.42 Å². The zero-order valence-electron chi connectivity index (χ0n) is 10.4. The van der Waals surface area contributed by atoms with E-state index in [1.165, 1.54) is 0 Å². The zero-order valence-corrected chi connectivity index (χ0v) is 10.4. The summed E-state index contributed by atoms with van der Waals surface area (Å²) in [5.41, 5.74) is 0.726. The summed E-state index contributed by atoms with van der Waals surface area (Å²) < 4.78 is 10.5. The summed E-state index contributed by atoms with van der Waals surface area (Å²) in [5.74, 6) is 1.47. The van der Waals surface area contributed by atoms with E-state index in [-0.39, 0.29) is 18.2 Å². The van der Waals surface area contributed by atoms with Crippen LogP contribution in [0.4, 0.5) is 0 Å². The largest absolute Gasteiger partial charge is 0.454 e. The maximum absolute atomic E-state index is 11.7. The van der Waals surface area contributed by atoms with Gasteiger partial charge in [0.2, 0.25) is 12.7 Å². The summed E-state index contributed by atoms with van der Waals surface area (Å²) in [6, 6.07) is 5.57. The van der Waals surface area contributed by atoms with Gasteiger partial charge in [0.1, 0.15) is 0 Å². The van der Waals surface area contributed by atoms with E-state index in [0.29, 0.717) is 12.2 Å². The Hall–Kier alpha value is -1.71. The molecular weight excluding hydrogens is 218 g/mol. The zero-order chi connectivity index (χ0) is 12.5. The molecule has 0 spiro atoms. The maximum Gasteiger partial charge on any atom is 0.231 e. The first-order chi connectivity index (χ1) is 7.94. The lowest BCUT2D eigenvalue weighted by Gasteiger charge is -2.20. The molecule has 0 aromatic heterocycles. The molecule has 2 rings (SSSR count). The van der Waals surface area contributed by atoms with Crippen molar-refractivity contribution in [1.82, 2.24) is 5.32 Å². The molecule has 0 aliphatic carbocycles. The van der Waals surface area contributed by atoms with E-state index < -0.39 is 0 Å². The molecule has 1 N–H and O–H groups in total. The lowest BCUT2D eigenvalue weighted by molar-refractivity contribution is -0.121. The van der Waals surface area contributed by atoms with Crippen LogP contribution in [0.25, 0.3) is 0 Å². The number of amides is 1. The fraction of sp³-hybridized carbons (Fsp3) is 0.462. The summed E-state index contributed by atoms with van der Waals surface area (Å²) in [5, 5.41) is 2.92. The number of benzene rings is 1. The van der Waals surface area contributed by atoms with E-state index in [4.69, 9.17) is 9.47 Å². The van der Waals surface area contributed by atoms with E-state index >= 15 is 0 Å². The number of hydrogen-bond acceptors (Lipinski definition) is 3. The molecule has 0 unspecified atom stereocenters. The van der Waals surface area contributed by atoms with Gasteiger partial charge >= 0.3 is 0 Å². The Morgan fingerprint density at radius 3 is 2.71 bits per heavy atom. The molecule has 1 aromatic rings. The van der Waals surface area contributed by atoms with Crippen LogP contribution >= 0.6 is 0 Å². The number of carbonyl (C=O) groups excluding carboxylic acids is 1. The summed E-state index contributed by atoms with van der Waals surface area (Å²) in [6.07, 6.45) is 0.355. The van der Waals surface area contributed by atoms with Gasteiger partial charge in [-0.25, -0.2) is 0 Å². The van der Waals surface area contributed by atoms with Crippen LogP contribution in [0, 0.1) is 0 Å². The van der Waals surface area contributed by atoms with Gasteiger partial charge in [-0.05, 0) is 38.5 Å². The predicted octanol–water partition coefficient (Wildman–Crippen LogP) is 1.87. The van der Waals surface area contributed by atoms with Crippen molar-refractivity contribution in [2.24, 2.45) is 0 Å². The molecule has 4 heteroatoms. The van der Waals surface area contributed by atoms with Gasteiger partial charge in [0.25, 0.3) is 0 Å². The molecule has 1 amide bonds. The number of fused-ring (bicyclic) bond motifs is 1. The van der Waals surface area contributed by atoms with Crippen molar-refractivity contribution >= 4 is 5.91 Å². The van der Waals surface area contributed by atoms with Crippen LogP contribution in [0.15, 0.2) is 18.2 Å². The molecule has 1 heterocycles. The van der Waals surface area contributed by atoms with Crippen LogP contribution in [0.2, 0.25) is 0 Å². The second-order valence-electron chi connectivity index (χ2n) is 5.16. The standard InChI is InChI=1S/C13H17NO3/c1-13(2,3)14-12(15)7-9-4-5-10-11(6-9)17-8-16-10/h4-6H,7-8H2,1-3H3,(H,14,15). The van der Waals surface area contributed by atoms with Gasteiger partial charge in [-0.1, -0.05) is 6.07 Å². The van der Waals surface area contributed by atoms with E-state index in [1.54, 1.807) is 0 Å². The minimum Gasteiger partial charge on any atom is -0.454 e. The first-order valence-electron chi connectivity index (χ1n) is 5.63. The van der Waals surface area contributed by atoms with Crippen molar-refractivity contribution in [1.29, 1.82) is 0 Å². The number of rotatable bonds is 2. The van der Waals surface area contributed by atoms with Crippen LogP contribution < -0.4 is 14.8 Å². The molecule has 1 aliphatic heterocycles. The molecule has 1 aliphatic rings. The maximum atomic E-state index is 11.7. The van der Waals surface area contributed by atoms with Crippen molar-refractivity contribution in [2.75, 3.05) is 6.79 Å². The third-order valence-corrected chi connectivity index (χ3v) is 2.32. The fourth-order valence-electron chi connectivity index (χ4n) is 1.70. The topological polar surface area (TPSA) is 47.6 Å². The molecule has 4 nitrogen and oxygen atoms in total. The minimum absolute atomic E-state index is 0.0105. The number of ether oxygens (including phenoxy) is 2. The van der Waals surface area contributed by atoms with E-state index in [0.717, 1.165) is 11.3 Å².